The van der Waals surface area contributed by atoms with Crippen LogP contribution in [-0.2, 0) is 5.41 Å². The van der Waals surface area contributed by atoms with Crippen molar-refractivity contribution in [2.75, 3.05) is 10.6 Å². The van der Waals surface area contributed by atoms with Crippen LogP contribution in [-0.4, -0.2) is 9.55 Å². The lowest BCUT2D eigenvalue weighted by atomic mass is 9.88. The van der Waals surface area contributed by atoms with Gasteiger partial charge in [0.05, 0.1) is 28.1 Å². The Hall–Kier alpha value is -7.69. The minimum absolute atomic E-state index is 0.00221. The van der Waals surface area contributed by atoms with Crippen LogP contribution in [0.5, 0.6) is 0 Å². The van der Waals surface area contributed by atoms with Crippen LogP contribution < -0.4 is 10.6 Å². The molecular weight excluding hydrogens is 741 g/mol. The SMILES string of the molecule is CC(C)(C)c1ccnc(-n2c3ccccc3c3ccc(-c4ccccc4-c4cccc(Nc5ccccc5Nc5c(-c6ccccc6)cccc5-c5ccccc5)c4)cc32)c1. The van der Waals surface area contributed by atoms with Gasteiger partial charge < -0.3 is 10.6 Å². The first-order valence-electron chi connectivity index (χ1n) is 21.0. The van der Waals surface area contributed by atoms with E-state index < -0.39 is 0 Å². The second-order valence-corrected chi connectivity index (χ2v) is 16.6. The van der Waals surface area contributed by atoms with Gasteiger partial charge in [-0.3, -0.25) is 4.57 Å². The molecule has 4 heteroatoms. The Bertz CT molecular complexity index is 3120. The van der Waals surface area contributed by atoms with E-state index in [1.54, 1.807) is 0 Å². The normalized spacial score (nSPS) is 11.5. The highest BCUT2D eigenvalue weighted by molar-refractivity contribution is 6.10. The zero-order valence-electron chi connectivity index (χ0n) is 34.6. The summed E-state index contributed by atoms with van der Waals surface area (Å²) in [6.45, 7) is 6.75. The zero-order valence-corrected chi connectivity index (χ0v) is 34.6. The van der Waals surface area contributed by atoms with Gasteiger partial charge in [-0.15, -0.1) is 0 Å². The summed E-state index contributed by atoms with van der Waals surface area (Å²) in [6, 6.07) is 73.5. The molecule has 0 saturated carbocycles. The Balaban J connectivity index is 1.02. The standard InChI is InChI=1S/C57H46N4/c1-57(2,3)43-34-35-58-55(38-43)61-53-31-15-12-26-49(53)50-33-32-42(37-54(50)61)46-25-11-10-24-45(46)41-22-16-23-44(36-41)59-51-29-13-14-30-52(51)60-56-47(39-18-6-4-7-19-39)27-17-28-48(56)40-20-8-5-9-21-40/h4-38,59-60H,1-3H3. The lowest BCUT2D eigenvalue weighted by Gasteiger charge is -2.20. The maximum absolute atomic E-state index is 4.92. The fourth-order valence-electron chi connectivity index (χ4n) is 8.54. The molecule has 0 aliphatic carbocycles. The number of fused-ring (bicyclic) bond motifs is 3. The van der Waals surface area contributed by atoms with E-state index in [2.05, 4.69) is 242 Å². The van der Waals surface area contributed by atoms with Crippen LogP contribution in [0.1, 0.15) is 26.3 Å². The molecule has 0 bridgehead atoms. The summed E-state index contributed by atoms with van der Waals surface area (Å²) in [6.07, 6.45) is 1.94. The van der Waals surface area contributed by atoms with Gasteiger partial charge in [0.2, 0.25) is 0 Å². The van der Waals surface area contributed by atoms with Gasteiger partial charge >= 0.3 is 0 Å². The van der Waals surface area contributed by atoms with Gasteiger partial charge in [-0.2, -0.15) is 0 Å². The summed E-state index contributed by atoms with van der Waals surface area (Å²) in [7, 11) is 0. The molecule has 0 radical (unpaired) electrons. The van der Waals surface area contributed by atoms with Crippen molar-refractivity contribution in [3.05, 3.63) is 218 Å². The van der Waals surface area contributed by atoms with Crippen LogP contribution in [0.25, 0.3) is 72.1 Å². The summed E-state index contributed by atoms with van der Waals surface area (Å²) in [4.78, 5) is 4.92. The Morgan fingerprint density at radius 2 is 0.951 bits per heavy atom. The number of rotatable bonds is 9. The van der Waals surface area contributed by atoms with Crippen molar-refractivity contribution in [3.8, 4) is 50.3 Å². The molecule has 0 spiro atoms. The third kappa shape index (κ3) is 7.34. The highest BCUT2D eigenvalue weighted by Crippen LogP contribution is 2.42. The molecule has 2 N–H and O–H groups in total. The average molecular weight is 787 g/mol. The highest BCUT2D eigenvalue weighted by atomic mass is 15.1. The average Bonchev–Trinajstić information content (AvgIpc) is 3.64. The van der Waals surface area contributed by atoms with Crippen molar-refractivity contribution < 1.29 is 0 Å². The minimum Gasteiger partial charge on any atom is -0.354 e. The summed E-state index contributed by atoms with van der Waals surface area (Å²) in [5.41, 5.74) is 16.8. The van der Waals surface area contributed by atoms with Crippen molar-refractivity contribution in [1.29, 1.82) is 0 Å². The van der Waals surface area contributed by atoms with E-state index in [4.69, 9.17) is 4.98 Å². The lowest BCUT2D eigenvalue weighted by Crippen LogP contribution is -2.12. The second kappa shape index (κ2) is 15.8. The first-order valence-corrected chi connectivity index (χ1v) is 21.0. The Labute approximate surface area is 357 Å². The molecule has 0 aliphatic rings. The van der Waals surface area contributed by atoms with E-state index in [9.17, 15) is 0 Å². The first-order chi connectivity index (χ1) is 29.9. The van der Waals surface area contributed by atoms with Gasteiger partial charge in [0.15, 0.2) is 0 Å². The summed E-state index contributed by atoms with van der Waals surface area (Å²) < 4.78 is 2.32. The summed E-state index contributed by atoms with van der Waals surface area (Å²) in [5.74, 6) is 0.928. The summed E-state index contributed by atoms with van der Waals surface area (Å²) in [5, 5.41) is 10.1. The number of benzene rings is 8. The van der Waals surface area contributed by atoms with Gasteiger partial charge in [-0.1, -0.05) is 178 Å². The number of aromatic nitrogens is 2. The van der Waals surface area contributed by atoms with Crippen LogP contribution in [0.2, 0.25) is 0 Å². The molecule has 10 rings (SSSR count). The largest absolute Gasteiger partial charge is 0.354 e. The van der Waals surface area contributed by atoms with Gasteiger partial charge in [-0.25, -0.2) is 4.98 Å². The van der Waals surface area contributed by atoms with E-state index in [0.717, 1.165) is 78.5 Å². The molecule has 0 fully saturated rings. The van der Waals surface area contributed by atoms with Crippen molar-refractivity contribution in [2.24, 2.45) is 0 Å². The number of anilines is 4. The minimum atomic E-state index is 0.00221. The summed E-state index contributed by atoms with van der Waals surface area (Å²) >= 11 is 0. The van der Waals surface area contributed by atoms with E-state index in [0.29, 0.717) is 0 Å². The molecule has 8 aromatic carbocycles. The van der Waals surface area contributed by atoms with Crippen LogP contribution in [0.3, 0.4) is 0 Å². The van der Waals surface area contributed by atoms with Crippen molar-refractivity contribution in [3.63, 3.8) is 0 Å². The molecule has 10 aromatic rings. The number of para-hydroxylation sites is 4. The molecule has 2 heterocycles. The molecule has 61 heavy (non-hydrogen) atoms. The zero-order chi connectivity index (χ0) is 41.3. The van der Waals surface area contributed by atoms with Gasteiger partial charge in [0.25, 0.3) is 0 Å². The van der Waals surface area contributed by atoms with Crippen molar-refractivity contribution in [2.45, 2.75) is 26.2 Å². The molecule has 2 aromatic heterocycles. The quantitative estimate of drug-likeness (QED) is 0.153. The smallest absolute Gasteiger partial charge is 0.137 e. The Kier molecular flexibility index (Phi) is 9.74. The fourth-order valence-corrected chi connectivity index (χ4v) is 8.54. The van der Waals surface area contributed by atoms with Crippen molar-refractivity contribution >= 4 is 44.6 Å². The first kappa shape index (κ1) is 37.6. The van der Waals surface area contributed by atoms with Crippen LogP contribution in [0.15, 0.2) is 212 Å². The number of nitrogens with zero attached hydrogens (tertiary/aromatic N) is 2. The number of pyridine rings is 1. The Morgan fingerprint density at radius 3 is 1.64 bits per heavy atom. The molecule has 0 aliphatic heterocycles. The predicted molar refractivity (Wildman–Crippen MR) is 258 cm³/mol. The van der Waals surface area contributed by atoms with Crippen molar-refractivity contribution in [1.82, 2.24) is 9.55 Å². The lowest BCUT2D eigenvalue weighted by molar-refractivity contribution is 0.588. The highest BCUT2D eigenvalue weighted by Gasteiger charge is 2.19. The molecule has 294 valence electrons. The molecule has 0 atom stereocenters. The third-order valence-corrected chi connectivity index (χ3v) is 11.6. The second-order valence-electron chi connectivity index (χ2n) is 16.6. The predicted octanol–water partition coefficient (Wildman–Crippen LogP) is 15.6. The van der Waals surface area contributed by atoms with Gasteiger partial charge in [-0.05, 0) is 92.9 Å². The third-order valence-electron chi connectivity index (χ3n) is 11.6. The topological polar surface area (TPSA) is 41.9 Å². The fraction of sp³-hybridized carbons (Fsp3) is 0.0702. The molecule has 0 unspecified atom stereocenters. The molecule has 4 nitrogen and oxygen atoms in total. The van der Waals surface area contributed by atoms with E-state index >= 15 is 0 Å². The Morgan fingerprint density at radius 1 is 0.410 bits per heavy atom. The molecular formula is C57H46N4. The van der Waals surface area contributed by atoms with E-state index in [1.165, 1.54) is 21.9 Å². The van der Waals surface area contributed by atoms with Crippen LogP contribution in [0, 0.1) is 0 Å². The van der Waals surface area contributed by atoms with E-state index in [-0.39, 0.29) is 5.41 Å². The number of nitrogens with one attached hydrogen (secondary N) is 2. The maximum atomic E-state index is 4.92. The molecule has 0 amide bonds. The maximum Gasteiger partial charge on any atom is 0.137 e. The molecule has 0 saturated heterocycles. The monoisotopic (exact) mass is 786 g/mol. The van der Waals surface area contributed by atoms with E-state index in [1.807, 2.05) is 6.20 Å². The van der Waals surface area contributed by atoms with Crippen LogP contribution >= 0.6 is 0 Å². The van der Waals surface area contributed by atoms with Crippen LogP contribution in [0.4, 0.5) is 22.7 Å². The number of hydrogen-bond donors (Lipinski definition) is 2. The number of hydrogen-bond acceptors (Lipinski definition) is 3. The van der Waals surface area contributed by atoms with Gasteiger partial charge in [0, 0.05) is 33.8 Å². The van der Waals surface area contributed by atoms with Gasteiger partial charge in [0.1, 0.15) is 5.82 Å².